The Hall–Kier alpha value is -0.530. The quantitative estimate of drug-likeness (QED) is 0.485. The van der Waals surface area contributed by atoms with E-state index in [0.29, 0.717) is 27.5 Å². The van der Waals surface area contributed by atoms with E-state index in [4.69, 9.17) is 33.8 Å². The largest absolute Gasteiger partial charge is 0.486 e. The number of anilines is 1. The summed E-state index contributed by atoms with van der Waals surface area (Å²) in [5.74, 6) is 5.77. The normalized spacial score (nSPS) is 10.4. The fraction of sp³-hybridized carbons (Fsp3) is 0.100. The molecule has 2 aromatic rings. The molecule has 4 nitrogen and oxygen atoms in total. The second kappa shape index (κ2) is 6.08. The fourth-order valence-corrected chi connectivity index (χ4v) is 2.69. The number of hydrazine groups is 1. The summed E-state index contributed by atoms with van der Waals surface area (Å²) in [4.78, 5) is 4.97. The van der Waals surface area contributed by atoms with Crippen molar-refractivity contribution in [3.63, 3.8) is 0 Å². The van der Waals surface area contributed by atoms with Crippen molar-refractivity contribution < 1.29 is 4.74 Å². The molecule has 0 aliphatic rings. The Balaban J connectivity index is 2.08. The van der Waals surface area contributed by atoms with Crippen LogP contribution < -0.4 is 16.0 Å². The number of nitrogen functional groups attached to an aromatic ring is 1. The maximum absolute atomic E-state index is 6.04. The van der Waals surface area contributed by atoms with Crippen LogP contribution >= 0.6 is 50.5 Å². The van der Waals surface area contributed by atoms with Crippen LogP contribution in [0.25, 0.3) is 0 Å². The first-order valence-corrected chi connectivity index (χ1v) is 7.15. The van der Waals surface area contributed by atoms with Gasteiger partial charge in [-0.3, -0.25) is 5.43 Å². The Kier molecular flexibility index (Phi) is 4.69. The Bertz CT molecular complexity index is 564. The number of benzene rings is 1. The Morgan fingerprint density at radius 2 is 2.17 bits per heavy atom. The highest BCUT2D eigenvalue weighted by Gasteiger charge is 2.08. The van der Waals surface area contributed by atoms with Crippen LogP contribution in [0, 0.1) is 0 Å². The summed E-state index contributed by atoms with van der Waals surface area (Å²) in [5.41, 5.74) is 2.47. The second-order valence-electron chi connectivity index (χ2n) is 3.26. The van der Waals surface area contributed by atoms with Crippen molar-refractivity contribution >= 4 is 55.6 Å². The lowest BCUT2D eigenvalue weighted by Crippen LogP contribution is -2.05. The van der Waals surface area contributed by atoms with Crippen molar-refractivity contribution in [1.29, 1.82) is 0 Å². The lowest BCUT2D eigenvalue weighted by Gasteiger charge is -2.08. The van der Waals surface area contributed by atoms with Gasteiger partial charge in [-0.15, -0.1) is 0 Å². The Morgan fingerprint density at radius 3 is 2.83 bits per heavy atom. The van der Waals surface area contributed by atoms with Gasteiger partial charge >= 0.3 is 0 Å². The molecule has 0 saturated heterocycles. The van der Waals surface area contributed by atoms with Crippen LogP contribution in [0.15, 0.2) is 22.8 Å². The van der Waals surface area contributed by atoms with E-state index >= 15 is 0 Å². The molecular formula is C10H8BrCl2N3OS. The summed E-state index contributed by atoms with van der Waals surface area (Å²) >= 11 is 16.7. The molecule has 3 N–H and O–H groups in total. The molecule has 0 amide bonds. The van der Waals surface area contributed by atoms with Gasteiger partial charge in [0.1, 0.15) is 12.4 Å². The number of thiazole rings is 1. The third kappa shape index (κ3) is 3.27. The van der Waals surface area contributed by atoms with Crippen molar-refractivity contribution in [3.8, 4) is 5.75 Å². The van der Waals surface area contributed by atoms with Gasteiger partial charge in [-0.2, -0.15) is 0 Å². The third-order valence-corrected chi connectivity index (χ3v) is 4.42. The molecule has 2 rings (SSSR count). The van der Waals surface area contributed by atoms with Crippen molar-refractivity contribution in [2.24, 2.45) is 5.84 Å². The van der Waals surface area contributed by atoms with Crippen LogP contribution in [0.3, 0.4) is 0 Å². The highest BCUT2D eigenvalue weighted by molar-refractivity contribution is 9.10. The summed E-state index contributed by atoms with van der Waals surface area (Å²) < 4.78 is 6.31. The van der Waals surface area contributed by atoms with Gasteiger partial charge in [0.2, 0.25) is 0 Å². The van der Waals surface area contributed by atoms with Gasteiger partial charge in [0.15, 0.2) is 5.13 Å². The molecule has 18 heavy (non-hydrogen) atoms. The monoisotopic (exact) mass is 367 g/mol. The number of hydrogen-bond acceptors (Lipinski definition) is 5. The number of hydrogen-bond donors (Lipinski definition) is 2. The predicted molar refractivity (Wildman–Crippen MR) is 78.4 cm³/mol. The zero-order valence-corrected chi connectivity index (χ0v) is 12.8. The summed E-state index contributed by atoms with van der Waals surface area (Å²) in [5, 5.41) is 1.67. The van der Waals surface area contributed by atoms with Gasteiger partial charge in [0.05, 0.1) is 14.9 Å². The maximum atomic E-state index is 6.04. The third-order valence-electron chi connectivity index (χ3n) is 2.02. The Labute approximate surface area is 126 Å². The van der Waals surface area contributed by atoms with Crippen molar-refractivity contribution in [2.75, 3.05) is 5.43 Å². The zero-order valence-electron chi connectivity index (χ0n) is 8.91. The molecule has 0 radical (unpaired) electrons. The Morgan fingerprint density at radius 1 is 1.39 bits per heavy atom. The second-order valence-corrected chi connectivity index (χ2v) is 6.05. The molecule has 0 spiro atoms. The molecule has 8 heteroatoms. The standard InChI is InChI=1S/C10H8BrCl2N3OS/c11-6-1-8(13)9(2-7(6)12)17-4-5-3-15-10(16-14)18-5/h1-3H,4,14H2,(H,15,16). The van der Waals surface area contributed by atoms with E-state index in [0.717, 1.165) is 9.35 Å². The highest BCUT2D eigenvalue weighted by Crippen LogP contribution is 2.34. The number of nitrogens with zero attached hydrogens (tertiary/aromatic N) is 1. The minimum Gasteiger partial charge on any atom is -0.486 e. The number of nitrogens with two attached hydrogens (primary N) is 1. The van der Waals surface area contributed by atoms with Crippen LogP contribution in [-0.4, -0.2) is 4.98 Å². The molecule has 0 saturated carbocycles. The molecule has 0 unspecified atom stereocenters. The van der Waals surface area contributed by atoms with Gasteiger partial charge in [0.25, 0.3) is 0 Å². The van der Waals surface area contributed by atoms with Gasteiger partial charge in [0, 0.05) is 16.7 Å². The first-order chi connectivity index (χ1) is 8.60. The smallest absolute Gasteiger partial charge is 0.197 e. The van der Waals surface area contributed by atoms with Crippen LogP contribution in [-0.2, 0) is 6.61 Å². The van der Waals surface area contributed by atoms with E-state index < -0.39 is 0 Å². The van der Waals surface area contributed by atoms with E-state index in [1.54, 1.807) is 18.3 Å². The maximum Gasteiger partial charge on any atom is 0.197 e. The SMILES string of the molecule is NNc1ncc(COc2cc(Cl)c(Br)cc2Cl)s1. The van der Waals surface area contributed by atoms with Crippen LogP contribution in [0.1, 0.15) is 4.88 Å². The molecule has 0 aliphatic carbocycles. The number of aromatic nitrogens is 1. The van der Waals surface area contributed by atoms with E-state index in [-0.39, 0.29) is 0 Å². The molecule has 0 aliphatic heterocycles. The van der Waals surface area contributed by atoms with E-state index in [1.807, 2.05) is 0 Å². The molecule has 1 heterocycles. The first-order valence-electron chi connectivity index (χ1n) is 4.79. The number of halogens is 3. The van der Waals surface area contributed by atoms with Gasteiger partial charge in [-0.05, 0) is 22.0 Å². The fourth-order valence-electron chi connectivity index (χ4n) is 1.20. The molecular weight excluding hydrogens is 361 g/mol. The van der Waals surface area contributed by atoms with E-state index in [9.17, 15) is 0 Å². The van der Waals surface area contributed by atoms with Crippen LogP contribution in [0.5, 0.6) is 5.75 Å². The summed E-state index contributed by atoms with van der Waals surface area (Å²) in [6.07, 6.45) is 1.69. The molecule has 1 aromatic carbocycles. The molecule has 0 fully saturated rings. The van der Waals surface area contributed by atoms with Gasteiger partial charge in [-0.1, -0.05) is 34.5 Å². The topological polar surface area (TPSA) is 60.2 Å². The minimum absolute atomic E-state index is 0.358. The number of nitrogens with one attached hydrogen (secondary N) is 1. The average Bonchev–Trinajstić information content (AvgIpc) is 2.80. The van der Waals surface area contributed by atoms with Gasteiger partial charge < -0.3 is 4.74 Å². The zero-order chi connectivity index (χ0) is 13.1. The number of rotatable bonds is 4. The van der Waals surface area contributed by atoms with Crippen molar-refractivity contribution in [2.45, 2.75) is 6.61 Å². The number of ether oxygens (including phenoxy) is 1. The summed E-state index contributed by atoms with van der Waals surface area (Å²) in [7, 11) is 0. The molecule has 1 aromatic heterocycles. The summed E-state index contributed by atoms with van der Waals surface area (Å²) in [6, 6.07) is 3.36. The summed E-state index contributed by atoms with van der Waals surface area (Å²) in [6.45, 7) is 0.358. The van der Waals surface area contributed by atoms with E-state index in [2.05, 4.69) is 26.3 Å². The average molecular weight is 369 g/mol. The van der Waals surface area contributed by atoms with Gasteiger partial charge in [-0.25, -0.2) is 10.8 Å². The lowest BCUT2D eigenvalue weighted by molar-refractivity contribution is 0.309. The van der Waals surface area contributed by atoms with Crippen LogP contribution in [0.2, 0.25) is 10.0 Å². The van der Waals surface area contributed by atoms with E-state index in [1.165, 1.54) is 11.3 Å². The lowest BCUT2D eigenvalue weighted by atomic mass is 10.3. The van der Waals surface area contributed by atoms with Crippen molar-refractivity contribution in [3.05, 3.63) is 37.7 Å². The molecule has 96 valence electrons. The van der Waals surface area contributed by atoms with Crippen molar-refractivity contribution in [1.82, 2.24) is 4.98 Å². The first kappa shape index (κ1) is 13.9. The minimum atomic E-state index is 0.358. The van der Waals surface area contributed by atoms with Crippen LogP contribution in [0.4, 0.5) is 5.13 Å². The molecule has 0 bridgehead atoms. The highest BCUT2D eigenvalue weighted by atomic mass is 79.9. The molecule has 0 atom stereocenters. The predicted octanol–water partition coefficient (Wildman–Crippen LogP) is 4.08.